The minimum atomic E-state index is 0.556. The average Bonchev–Trinajstić information content (AvgIpc) is 3.11. The van der Waals surface area contributed by atoms with Gasteiger partial charge >= 0.3 is 0 Å². The van der Waals surface area contributed by atoms with Crippen LogP contribution in [0.15, 0.2) is 46.9 Å². The molecular formula is C21H23N3O2S. The number of nitrogens with zero attached hydrogens (tertiary/aromatic N) is 2. The van der Waals surface area contributed by atoms with Crippen molar-refractivity contribution in [2.45, 2.75) is 20.8 Å². The van der Waals surface area contributed by atoms with Crippen LogP contribution in [0.4, 0.5) is 5.13 Å². The molecule has 0 atom stereocenters. The molecule has 0 aliphatic heterocycles. The van der Waals surface area contributed by atoms with Gasteiger partial charge in [-0.05, 0) is 38.5 Å². The monoisotopic (exact) mass is 381 g/mol. The number of thiazole rings is 1. The largest absolute Gasteiger partial charge is 0.493 e. The Kier molecular flexibility index (Phi) is 6.08. The van der Waals surface area contributed by atoms with Gasteiger partial charge in [0.1, 0.15) is 0 Å². The molecule has 0 aliphatic rings. The Hall–Kier alpha value is -2.86. The van der Waals surface area contributed by atoms with Crippen LogP contribution >= 0.6 is 11.3 Å². The molecule has 1 aromatic heterocycles. The smallest absolute Gasteiger partial charge is 0.203 e. The Morgan fingerprint density at radius 3 is 2.81 bits per heavy atom. The lowest BCUT2D eigenvalue weighted by atomic mass is 10.0. The Bertz CT molecular complexity index is 950. The number of hydrazone groups is 1. The fraction of sp³-hybridized carbons (Fsp3) is 0.238. The third kappa shape index (κ3) is 4.46. The van der Waals surface area contributed by atoms with E-state index < -0.39 is 0 Å². The number of aryl methyl sites for hydroxylation is 2. The molecule has 0 unspecified atom stereocenters. The third-order valence-corrected chi connectivity index (χ3v) is 4.79. The molecule has 0 saturated heterocycles. The lowest BCUT2D eigenvalue weighted by molar-refractivity contribution is 0.310. The minimum absolute atomic E-state index is 0.556. The zero-order valence-electron chi connectivity index (χ0n) is 15.9. The van der Waals surface area contributed by atoms with Gasteiger partial charge in [0.05, 0.1) is 25.6 Å². The van der Waals surface area contributed by atoms with Gasteiger partial charge in [0.15, 0.2) is 11.5 Å². The van der Waals surface area contributed by atoms with Crippen molar-refractivity contribution in [3.8, 4) is 22.8 Å². The SMILES string of the molecule is CCOc1c(/C=N\Nc2nc(-c3ccc(C)cc3C)cs2)cccc1OC. The quantitative estimate of drug-likeness (QED) is 0.447. The molecule has 1 heterocycles. The van der Waals surface area contributed by atoms with E-state index >= 15 is 0 Å². The molecule has 0 radical (unpaired) electrons. The molecule has 0 spiro atoms. The highest BCUT2D eigenvalue weighted by atomic mass is 32.1. The maximum Gasteiger partial charge on any atom is 0.203 e. The summed E-state index contributed by atoms with van der Waals surface area (Å²) in [5, 5.41) is 7.08. The predicted octanol–water partition coefficient (Wildman–Crippen LogP) is 5.28. The van der Waals surface area contributed by atoms with Crippen LogP contribution in [0, 0.1) is 13.8 Å². The minimum Gasteiger partial charge on any atom is -0.493 e. The molecule has 27 heavy (non-hydrogen) atoms. The van der Waals surface area contributed by atoms with Crippen molar-refractivity contribution >= 4 is 22.7 Å². The van der Waals surface area contributed by atoms with Crippen molar-refractivity contribution in [2.75, 3.05) is 19.1 Å². The molecule has 0 bridgehead atoms. The Labute approximate surface area is 163 Å². The lowest BCUT2D eigenvalue weighted by Crippen LogP contribution is -2.00. The van der Waals surface area contributed by atoms with Crippen LogP contribution in [-0.4, -0.2) is 24.9 Å². The maximum atomic E-state index is 5.69. The number of anilines is 1. The summed E-state index contributed by atoms with van der Waals surface area (Å²) in [7, 11) is 1.63. The van der Waals surface area contributed by atoms with E-state index in [4.69, 9.17) is 9.47 Å². The molecule has 0 saturated carbocycles. The van der Waals surface area contributed by atoms with E-state index in [-0.39, 0.29) is 0 Å². The normalized spacial score (nSPS) is 11.0. The van der Waals surface area contributed by atoms with Gasteiger partial charge in [-0.2, -0.15) is 5.10 Å². The van der Waals surface area contributed by atoms with Crippen LogP contribution in [0.3, 0.4) is 0 Å². The Morgan fingerprint density at radius 1 is 1.22 bits per heavy atom. The standard InChI is InChI=1S/C21H23N3O2S/c1-5-26-20-16(7-6-8-19(20)25-4)12-22-24-21-23-18(13-27-21)17-10-9-14(2)11-15(17)3/h6-13H,5H2,1-4H3,(H,23,24)/b22-12-. The van der Waals surface area contributed by atoms with E-state index in [0.717, 1.165) is 22.0 Å². The predicted molar refractivity (Wildman–Crippen MR) is 112 cm³/mol. The highest BCUT2D eigenvalue weighted by molar-refractivity contribution is 7.14. The van der Waals surface area contributed by atoms with Crippen LogP contribution in [0.1, 0.15) is 23.6 Å². The number of aromatic nitrogens is 1. The first-order chi connectivity index (χ1) is 13.1. The summed E-state index contributed by atoms with van der Waals surface area (Å²) >= 11 is 1.52. The molecule has 1 N–H and O–H groups in total. The fourth-order valence-electron chi connectivity index (χ4n) is 2.80. The summed E-state index contributed by atoms with van der Waals surface area (Å²) in [6.07, 6.45) is 1.71. The topological polar surface area (TPSA) is 55.7 Å². The number of rotatable bonds is 7. The van der Waals surface area contributed by atoms with E-state index in [1.165, 1.54) is 22.5 Å². The van der Waals surface area contributed by atoms with Crippen molar-refractivity contribution < 1.29 is 9.47 Å². The molecule has 5 nitrogen and oxygen atoms in total. The summed E-state index contributed by atoms with van der Waals surface area (Å²) in [6.45, 7) is 6.69. The zero-order chi connectivity index (χ0) is 19.2. The number of benzene rings is 2. The molecule has 3 rings (SSSR count). The fourth-order valence-corrected chi connectivity index (χ4v) is 3.46. The van der Waals surface area contributed by atoms with Gasteiger partial charge in [-0.25, -0.2) is 4.98 Å². The number of hydrogen-bond acceptors (Lipinski definition) is 6. The second-order valence-electron chi connectivity index (χ2n) is 6.04. The lowest BCUT2D eigenvalue weighted by Gasteiger charge is -2.11. The number of ether oxygens (including phenoxy) is 2. The highest BCUT2D eigenvalue weighted by Gasteiger charge is 2.09. The Morgan fingerprint density at radius 2 is 2.07 bits per heavy atom. The second kappa shape index (κ2) is 8.68. The highest BCUT2D eigenvalue weighted by Crippen LogP contribution is 2.30. The van der Waals surface area contributed by atoms with Crippen molar-refractivity contribution in [1.29, 1.82) is 0 Å². The third-order valence-electron chi connectivity index (χ3n) is 4.04. The first kappa shape index (κ1) is 18.9. The number of hydrogen-bond donors (Lipinski definition) is 1. The van der Waals surface area contributed by atoms with Gasteiger partial charge in [0.25, 0.3) is 0 Å². The van der Waals surface area contributed by atoms with Gasteiger partial charge in [-0.3, -0.25) is 5.43 Å². The Balaban J connectivity index is 1.75. The maximum absolute atomic E-state index is 5.69. The van der Waals surface area contributed by atoms with E-state index in [0.29, 0.717) is 18.1 Å². The summed E-state index contributed by atoms with van der Waals surface area (Å²) in [6, 6.07) is 12.1. The molecule has 6 heteroatoms. The number of nitrogens with one attached hydrogen (secondary N) is 1. The first-order valence-corrected chi connectivity index (χ1v) is 9.62. The summed E-state index contributed by atoms with van der Waals surface area (Å²) in [5.41, 5.74) is 8.40. The van der Waals surface area contributed by atoms with E-state index in [1.54, 1.807) is 13.3 Å². The zero-order valence-corrected chi connectivity index (χ0v) is 16.8. The molecule has 0 fully saturated rings. The summed E-state index contributed by atoms with van der Waals surface area (Å²) in [4.78, 5) is 4.63. The van der Waals surface area contributed by atoms with Crippen LogP contribution in [0.2, 0.25) is 0 Å². The van der Waals surface area contributed by atoms with Gasteiger partial charge < -0.3 is 9.47 Å². The van der Waals surface area contributed by atoms with Crippen LogP contribution in [0.25, 0.3) is 11.3 Å². The summed E-state index contributed by atoms with van der Waals surface area (Å²) < 4.78 is 11.0. The average molecular weight is 382 g/mol. The summed E-state index contributed by atoms with van der Waals surface area (Å²) in [5.74, 6) is 1.37. The van der Waals surface area contributed by atoms with Gasteiger partial charge in [0.2, 0.25) is 5.13 Å². The number of para-hydroxylation sites is 1. The van der Waals surface area contributed by atoms with E-state index in [9.17, 15) is 0 Å². The molecule has 3 aromatic rings. The molecule has 0 amide bonds. The van der Waals surface area contributed by atoms with Crippen molar-refractivity contribution in [3.63, 3.8) is 0 Å². The van der Waals surface area contributed by atoms with E-state index in [2.05, 4.69) is 47.6 Å². The van der Waals surface area contributed by atoms with Crippen molar-refractivity contribution in [3.05, 3.63) is 58.5 Å². The molecule has 2 aromatic carbocycles. The van der Waals surface area contributed by atoms with Crippen molar-refractivity contribution in [2.24, 2.45) is 5.10 Å². The van der Waals surface area contributed by atoms with E-state index in [1.807, 2.05) is 30.5 Å². The number of methoxy groups -OCH3 is 1. The molecule has 140 valence electrons. The van der Waals surface area contributed by atoms with Gasteiger partial charge in [0, 0.05) is 16.5 Å². The van der Waals surface area contributed by atoms with Gasteiger partial charge in [-0.1, -0.05) is 29.8 Å². The van der Waals surface area contributed by atoms with Crippen molar-refractivity contribution in [1.82, 2.24) is 4.98 Å². The van der Waals surface area contributed by atoms with Crippen LogP contribution in [0.5, 0.6) is 11.5 Å². The van der Waals surface area contributed by atoms with Crippen LogP contribution < -0.4 is 14.9 Å². The van der Waals surface area contributed by atoms with Crippen LogP contribution in [-0.2, 0) is 0 Å². The molecular weight excluding hydrogens is 358 g/mol. The van der Waals surface area contributed by atoms with Gasteiger partial charge in [-0.15, -0.1) is 11.3 Å². The second-order valence-corrected chi connectivity index (χ2v) is 6.90. The first-order valence-electron chi connectivity index (χ1n) is 8.74. The molecule has 0 aliphatic carbocycles.